The monoisotopic (exact) mass is 373 g/mol. The molecule has 4 nitrogen and oxygen atoms in total. The van der Waals surface area contributed by atoms with Gasteiger partial charge in [0.1, 0.15) is 11.6 Å². The number of nitrogens with two attached hydrogens (primary N) is 1. The van der Waals surface area contributed by atoms with Crippen LogP contribution < -0.4 is 5.73 Å². The van der Waals surface area contributed by atoms with Crippen molar-refractivity contribution in [3.8, 4) is 0 Å². The van der Waals surface area contributed by atoms with Crippen molar-refractivity contribution in [2.24, 2.45) is 0 Å². The summed E-state index contributed by atoms with van der Waals surface area (Å²) >= 11 is 2.29. The molecular weight excluding hydrogens is 353 g/mol. The average Bonchev–Trinajstić information content (AvgIpc) is 3.06. The van der Waals surface area contributed by atoms with Gasteiger partial charge in [-0.15, -0.1) is 0 Å². The van der Waals surface area contributed by atoms with Crippen molar-refractivity contribution in [3.63, 3.8) is 0 Å². The molecule has 1 aliphatic heterocycles. The van der Waals surface area contributed by atoms with Crippen LogP contribution in [0.4, 0.5) is 5.82 Å². The van der Waals surface area contributed by atoms with Crippen molar-refractivity contribution in [1.82, 2.24) is 9.97 Å². The highest BCUT2D eigenvalue weighted by atomic mass is 127. The molecule has 1 aliphatic carbocycles. The van der Waals surface area contributed by atoms with Crippen molar-refractivity contribution in [3.05, 3.63) is 15.1 Å². The molecule has 1 atom stereocenters. The summed E-state index contributed by atoms with van der Waals surface area (Å²) in [6, 6.07) is 0. The number of nitrogens with zero attached hydrogens (tertiary/aromatic N) is 2. The van der Waals surface area contributed by atoms with E-state index in [1.54, 1.807) is 0 Å². The first-order valence-electron chi connectivity index (χ1n) is 7.17. The summed E-state index contributed by atoms with van der Waals surface area (Å²) in [7, 11) is 0. The minimum absolute atomic E-state index is 0.288. The SMILES string of the molecule is Nc1nc(CC2CCCO2)nc(C2CCCC2)c1I. The predicted molar refractivity (Wildman–Crippen MR) is 83.0 cm³/mol. The molecular formula is C14H20IN3O. The second-order valence-electron chi connectivity index (χ2n) is 5.54. The van der Waals surface area contributed by atoms with E-state index in [0.29, 0.717) is 11.7 Å². The molecule has 2 heterocycles. The van der Waals surface area contributed by atoms with E-state index < -0.39 is 0 Å². The van der Waals surface area contributed by atoms with Crippen LogP contribution in [0.3, 0.4) is 0 Å². The minimum Gasteiger partial charge on any atom is -0.383 e. The first kappa shape index (κ1) is 13.5. The molecule has 0 spiro atoms. The summed E-state index contributed by atoms with van der Waals surface area (Å²) in [4.78, 5) is 9.25. The van der Waals surface area contributed by atoms with Gasteiger partial charge in [-0.25, -0.2) is 9.97 Å². The average molecular weight is 373 g/mol. The lowest BCUT2D eigenvalue weighted by molar-refractivity contribution is 0.110. The number of halogens is 1. The summed E-state index contributed by atoms with van der Waals surface area (Å²) < 4.78 is 6.73. The summed E-state index contributed by atoms with van der Waals surface area (Å²) in [5.41, 5.74) is 7.24. The number of aromatic nitrogens is 2. The second-order valence-corrected chi connectivity index (χ2v) is 6.62. The van der Waals surface area contributed by atoms with Crippen LogP contribution in [-0.2, 0) is 11.2 Å². The number of hydrogen-bond donors (Lipinski definition) is 1. The van der Waals surface area contributed by atoms with Gasteiger partial charge in [0.15, 0.2) is 0 Å². The molecule has 2 fully saturated rings. The van der Waals surface area contributed by atoms with E-state index in [0.717, 1.165) is 35.3 Å². The standard InChI is InChI=1S/C14H20IN3O/c15-12-13(9-4-1-2-5-9)17-11(18-14(12)16)8-10-6-3-7-19-10/h9-10H,1-8H2,(H2,16,17,18). The lowest BCUT2D eigenvalue weighted by atomic mass is 10.0. The van der Waals surface area contributed by atoms with Gasteiger partial charge < -0.3 is 10.5 Å². The van der Waals surface area contributed by atoms with Crippen LogP contribution in [0, 0.1) is 3.57 Å². The van der Waals surface area contributed by atoms with Gasteiger partial charge in [0.05, 0.1) is 15.4 Å². The molecule has 1 aromatic rings. The predicted octanol–water partition coefficient (Wildman–Crippen LogP) is 3.04. The molecule has 0 radical (unpaired) electrons. The van der Waals surface area contributed by atoms with Crippen LogP contribution >= 0.6 is 22.6 Å². The van der Waals surface area contributed by atoms with E-state index >= 15 is 0 Å². The summed E-state index contributed by atoms with van der Waals surface area (Å²) in [5, 5.41) is 0. The highest BCUT2D eigenvalue weighted by Crippen LogP contribution is 2.36. The molecule has 5 heteroatoms. The number of anilines is 1. The van der Waals surface area contributed by atoms with E-state index in [9.17, 15) is 0 Å². The Morgan fingerprint density at radius 2 is 1.95 bits per heavy atom. The van der Waals surface area contributed by atoms with Crippen LogP contribution in [0.1, 0.15) is 56.0 Å². The zero-order valence-electron chi connectivity index (χ0n) is 11.1. The van der Waals surface area contributed by atoms with E-state index in [-0.39, 0.29) is 6.10 Å². The molecule has 0 bridgehead atoms. The Balaban J connectivity index is 1.83. The van der Waals surface area contributed by atoms with Crippen molar-refractivity contribution in [2.75, 3.05) is 12.3 Å². The van der Waals surface area contributed by atoms with Gasteiger partial charge in [-0.1, -0.05) is 12.8 Å². The quantitative estimate of drug-likeness (QED) is 0.828. The van der Waals surface area contributed by atoms with E-state index in [4.69, 9.17) is 15.5 Å². The molecule has 104 valence electrons. The zero-order valence-corrected chi connectivity index (χ0v) is 13.2. The first-order valence-corrected chi connectivity index (χ1v) is 8.25. The third kappa shape index (κ3) is 3.02. The van der Waals surface area contributed by atoms with Gasteiger partial charge in [0.25, 0.3) is 0 Å². The maximum absolute atomic E-state index is 6.06. The molecule has 0 amide bonds. The first-order chi connectivity index (χ1) is 9.24. The Morgan fingerprint density at radius 3 is 2.63 bits per heavy atom. The molecule has 1 aromatic heterocycles. The molecule has 19 heavy (non-hydrogen) atoms. The van der Waals surface area contributed by atoms with Crippen LogP contribution in [0.5, 0.6) is 0 Å². The fraction of sp³-hybridized carbons (Fsp3) is 0.714. The number of ether oxygens (including phenoxy) is 1. The summed E-state index contributed by atoms with van der Waals surface area (Å²) in [6.45, 7) is 0.875. The van der Waals surface area contributed by atoms with Gasteiger partial charge in [-0.2, -0.15) is 0 Å². The van der Waals surface area contributed by atoms with Gasteiger partial charge in [-0.05, 0) is 48.3 Å². The van der Waals surface area contributed by atoms with E-state index in [1.807, 2.05) is 0 Å². The Hall–Kier alpha value is -0.430. The Kier molecular flexibility index (Phi) is 4.21. The van der Waals surface area contributed by atoms with Crippen molar-refractivity contribution in [2.45, 2.75) is 57.0 Å². The third-order valence-electron chi connectivity index (χ3n) is 4.12. The molecule has 1 saturated heterocycles. The number of nitrogen functional groups attached to an aromatic ring is 1. The molecule has 3 rings (SSSR count). The largest absolute Gasteiger partial charge is 0.383 e. The second kappa shape index (κ2) is 5.91. The maximum atomic E-state index is 6.06. The lowest BCUT2D eigenvalue weighted by Gasteiger charge is -2.15. The summed E-state index contributed by atoms with van der Waals surface area (Å²) in [5.74, 6) is 2.10. The van der Waals surface area contributed by atoms with Crippen molar-refractivity contribution in [1.29, 1.82) is 0 Å². The van der Waals surface area contributed by atoms with Crippen molar-refractivity contribution < 1.29 is 4.74 Å². The Labute approximate surface area is 127 Å². The molecule has 0 aromatic carbocycles. The maximum Gasteiger partial charge on any atom is 0.140 e. The van der Waals surface area contributed by atoms with Gasteiger partial charge in [-0.3, -0.25) is 0 Å². The van der Waals surface area contributed by atoms with E-state index in [1.165, 1.54) is 31.4 Å². The topological polar surface area (TPSA) is 61.0 Å². The molecule has 2 aliphatic rings. The number of hydrogen-bond acceptors (Lipinski definition) is 4. The zero-order chi connectivity index (χ0) is 13.2. The van der Waals surface area contributed by atoms with Gasteiger partial charge in [0.2, 0.25) is 0 Å². The van der Waals surface area contributed by atoms with Crippen LogP contribution in [-0.4, -0.2) is 22.7 Å². The van der Waals surface area contributed by atoms with E-state index in [2.05, 4.69) is 27.6 Å². The summed E-state index contributed by atoms with van der Waals surface area (Å²) in [6.07, 6.45) is 8.47. The molecule has 1 unspecified atom stereocenters. The fourth-order valence-corrected chi connectivity index (χ4v) is 3.78. The Bertz CT molecular complexity index is 454. The minimum atomic E-state index is 0.288. The van der Waals surface area contributed by atoms with Crippen LogP contribution in [0.25, 0.3) is 0 Å². The highest BCUT2D eigenvalue weighted by Gasteiger charge is 2.24. The normalized spacial score (nSPS) is 24.2. The van der Waals surface area contributed by atoms with Crippen molar-refractivity contribution >= 4 is 28.4 Å². The number of rotatable bonds is 3. The lowest BCUT2D eigenvalue weighted by Crippen LogP contribution is -2.15. The molecule has 1 saturated carbocycles. The highest BCUT2D eigenvalue weighted by molar-refractivity contribution is 14.1. The molecule has 2 N–H and O–H groups in total. The fourth-order valence-electron chi connectivity index (χ4n) is 3.10. The Morgan fingerprint density at radius 1 is 1.16 bits per heavy atom. The van der Waals surface area contributed by atoms with Gasteiger partial charge >= 0.3 is 0 Å². The van der Waals surface area contributed by atoms with Crippen LogP contribution in [0.15, 0.2) is 0 Å². The third-order valence-corrected chi connectivity index (χ3v) is 5.23. The smallest absolute Gasteiger partial charge is 0.140 e. The van der Waals surface area contributed by atoms with Gasteiger partial charge in [0, 0.05) is 18.9 Å². The van der Waals surface area contributed by atoms with Crippen LogP contribution in [0.2, 0.25) is 0 Å².